The lowest BCUT2D eigenvalue weighted by Crippen LogP contribution is -2.39. The molecular formula is C27H41O7PS. The van der Waals surface area contributed by atoms with Gasteiger partial charge in [-0.15, -0.1) is 0 Å². The monoisotopic (exact) mass is 540 g/mol. The van der Waals surface area contributed by atoms with E-state index < -0.39 is 35.5 Å². The molecule has 9 heteroatoms. The summed E-state index contributed by atoms with van der Waals surface area (Å²) in [7, 11) is -6.90. The van der Waals surface area contributed by atoms with E-state index in [1.165, 1.54) is 23.6 Å². The molecule has 3 unspecified atom stereocenters. The summed E-state index contributed by atoms with van der Waals surface area (Å²) in [5.74, 6) is -0.715. The molecule has 1 aromatic rings. The van der Waals surface area contributed by atoms with Crippen LogP contribution in [0.5, 0.6) is 0 Å². The maximum absolute atomic E-state index is 12.2. The standard InChI is InChI=1S/C27H41O7PS/c1-21(2)13-11-15-23(4)17-12-16-22(3)14-9-10-20-27(35-29,36(30,31)32)34-24(5)33-26(28)25-18-7-6-8-19-25/h6-8,13-14,17-19,24H,9-12,15-16,20,35H2,1-5H3,(H,30,31,32). The first-order chi connectivity index (χ1) is 16.9. The van der Waals surface area contributed by atoms with Gasteiger partial charge in [0.2, 0.25) is 11.0 Å². The first kappa shape index (κ1) is 32.0. The summed E-state index contributed by atoms with van der Waals surface area (Å²) in [6.07, 6.45) is 9.73. The highest BCUT2D eigenvalue weighted by Crippen LogP contribution is 2.37. The van der Waals surface area contributed by atoms with Gasteiger partial charge in [-0.3, -0.25) is 4.55 Å². The molecule has 3 atom stereocenters. The zero-order valence-corrected chi connectivity index (χ0v) is 24.0. The van der Waals surface area contributed by atoms with Gasteiger partial charge >= 0.3 is 16.1 Å². The first-order valence-electron chi connectivity index (χ1n) is 12.2. The summed E-state index contributed by atoms with van der Waals surface area (Å²) in [6.45, 7) is 9.67. The summed E-state index contributed by atoms with van der Waals surface area (Å²) in [6, 6.07) is 8.14. The van der Waals surface area contributed by atoms with Gasteiger partial charge in [0.25, 0.3) is 0 Å². The van der Waals surface area contributed by atoms with Gasteiger partial charge in [-0.25, -0.2) is 4.79 Å². The van der Waals surface area contributed by atoms with Crippen LogP contribution in [-0.2, 0) is 24.2 Å². The lowest BCUT2D eigenvalue weighted by molar-refractivity contribution is -0.124. The Bertz CT molecular complexity index is 1040. The van der Waals surface area contributed by atoms with Crippen LogP contribution >= 0.6 is 8.46 Å². The zero-order chi connectivity index (χ0) is 27.2. The molecule has 0 aliphatic heterocycles. The fourth-order valence-corrected chi connectivity index (χ4v) is 5.24. The fraction of sp³-hybridized carbons (Fsp3) is 0.519. The molecule has 1 rings (SSSR count). The molecule has 0 aliphatic carbocycles. The molecule has 0 bridgehead atoms. The number of rotatable bonds is 16. The summed E-state index contributed by atoms with van der Waals surface area (Å²) in [5.41, 5.74) is 4.11. The number of unbranched alkanes of at least 4 members (excludes halogenated alkanes) is 1. The Balaban J connectivity index is 2.65. The van der Waals surface area contributed by atoms with Crippen molar-refractivity contribution < 1.29 is 31.8 Å². The van der Waals surface area contributed by atoms with E-state index in [-0.39, 0.29) is 12.0 Å². The average Bonchev–Trinajstić information content (AvgIpc) is 2.80. The van der Waals surface area contributed by atoms with Crippen molar-refractivity contribution in [3.05, 3.63) is 70.8 Å². The molecule has 0 heterocycles. The quantitative estimate of drug-likeness (QED) is 0.0595. The van der Waals surface area contributed by atoms with Crippen molar-refractivity contribution in [1.29, 1.82) is 0 Å². The summed E-state index contributed by atoms with van der Waals surface area (Å²) < 4.78 is 54.2. The SMILES string of the molecule is CC(C)=CCCC(C)=CCCC(C)=CCCCC(OC(C)OC(=O)c1ccccc1)([PH2]=O)S(=O)(=O)O. The number of carbonyl (C=O) groups is 1. The van der Waals surface area contributed by atoms with E-state index in [0.717, 1.165) is 25.7 Å². The van der Waals surface area contributed by atoms with E-state index in [0.29, 0.717) is 12.8 Å². The van der Waals surface area contributed by atoms with Crippen molar-refractivity contribution in [2.24, 2.45) is 0 Å². The Hall–Kier alpha value is -1.99. The van der Waals surface area contributed by atoms with Crippen molar-refractivity contribution in [3.8, 4) is 0 Å². The minimum absolute atomic E-state index is 0.189. The molecule has 36 heavy (non-hydrogen) atoms. The van der Waals surface area contributed by atoms with Crippen molar-refractivity contribution in [1.82, 2.24) is 0 Å². The Morgan fingerprint density at radius 2 is 1.56 bits per heavy atom. The van der Waals surface area contributed by atoms with Gasteiger partial charge in [0.1, 0.15) is 8.46 Å². The summed E-state index contributed by atoms with van der Waals surface area (Å²) in [4.78, 5) is 12.2. The molecule has 0 saturated heterocycles. The van der Waals surface area contributed by atoms with Crippen LogP contribution in [-0.4, -0.2) is 29.9 Å². The van der Waals surface area contributed by atoms with Crippen molar-refractivity contribution in [2.75, 3.05) is 0 Å². The lowest BCUT2D eigenvalue weighted by atomic mass is 10.1. The van der Waals surface area contributed by atoms with Crippen molar-refractivity contribution >= 4 is 24.5 Å². The van der Waals surface area contributed by atoms with E-state index in [1.54, 1.807) is 30.3 Å². The maximum atomic E-state index is 12.2. The highest BCUT2D eigenvalue weighted by molar-refractivity contribution is 7.91. The van der Waals surface area contributed by atoms with Gasteiger partial charge in [0, 0.05) is 6.42 Å². The summed E-state index contributed by atoms with van der Waals surface area (Å²) in [5, 5.41) is 0. The van der Waals surface area contributed by atoms with Crippen LogP contribution in [0, 0.1) is 0 Å². The molecule has 0 radical (unpaired) electrons. The lowest BCUT2D eigenvalue weighted by Gasteiger charge is -2.28. The van der Waals surface area contributed by atoms with Gasteiger partial charge in [-0.1, -0.05) is 53.1 Å². The molecule has 0 amide bonds. The Labute approximate surface area is 217 Å². The number of allylic oxidation sites excluding steroid dienone is 6. The van der Waals surface area contributed by atoms with Crippen LogP contribution in [0.3, 0.4) is 0 Å². The molecular weight excluding hydrogens is 499 g/mol. The maximum Gasteiger partial charge on any atom is 0.340 e. The fourth-order valence-electron chi connectivity index (χ4n) is 3.53. The minimum atomic E-state index is -4.83. The van der Waals surface area contributed by atoms with Crippen LogP contribution in [0.2, 0.25) is 0 Å². The number of esters is 1. The van der Waals surface area contributed by atoms with E-state index in [2.05, 4.69) is 32.9 Å². The van der Waals surface area contributed by atoms with Crippen LogP contribution in [0.1, 0.15) is 89.9 Å². The van der Waals surface area contributed by atoms with Crippen LogP contribution in [0.4, 0.5) is 0 Å². The van der Waals surface area contributed by atoms with E-state index >= 15 is 0 Å². The molecule has 202 valence electrons. The largest absolute Gasteiger partial charge is 0.432 e. The molecule has 1 N–H and O–H groups in total. The average molecular weight is 541 g/mol. The van der Waals surface area contributed by atoms with E-state index in [1.807, 2.05) is 13.0 Å². The number of hydrogen-bond acceptors (Lipinski definition) is 6. The van der Waals surface area contributed by atoms with Crippen molar-refractivity contribution in [3.63, 3.8) is 0 Å². The molecule has 1 aromatic carbocycles. The van der Waals surface area contributed by atoms with E-state index in [4.69, 9.17) is 9.47 Å². The van der Waals surface area contributed by atoms with Gasteiger partial charge in [-0.05, 0) is 85.3 Å². The third-order valence-corrected chi connectivity index (χ3v) is 8.75. The summed E-state index contributed by atoms with van der Waals surface area (Å²) >= 11 is 0. The molecule has 0 aromatic heterocycles. The van der Waals surface area contributed by atoms with Crippen molar-refractivity contribution in [2.45, 2.75) is 90.5 Å². The van der Waals surface area contributed by atoms with Gasteiger partial charge in [-0.2, -0.15) is 8.42 Å². The van der Waals surface area contributed by atoms with Crippen LogP contribution in [0.25, 0.3) is 0 Å². The Morgan fingerprint density at radius 1 is 1.00 bits per heavy atom. The normalized spacial score (nSPS) is 15.5. The molecule has 0 aliphatic rings. The van der Waals surface area contributed by atoms with Gasteiger partial charge in [0.05, 0.1) is 5.56 Å². The minimum Gasteiger partial charge on any atom is -0.432 e. The Morgan fingerprint density at radius 3 is 2.08 bits per heavy atom. The molecule has 0 fully saturated rings. The number of hydrogen-bond donors (Lipinski definition) is 1. The number of benzene rings is 1. The molecule has 0 saturated carbocycles. The second kappa shape index (κ2) is 16.0. The second-order valence-corrected chi connectivity index (χ2v) is 12.4. The Kier molecular flexibility index (Phi) is 14.2. The zero-order valence-electron chi connectivity index (χ0n) is 22.0. The third kappa shape index (κ3) is 11.8. The van der Waals surface area contributed by atoms with E-state index in [9.17, 15) is 22.3 Å². The smallest absolute Gasteiger partial charge is 0.340 e. The highest BCUT2D eigenvalue weighted by atomic mass is 32.2. The highest BCUT2D eigenvalue weighted by Gasteiger charge is 2.45. The van der Waals surface area contributed by atoms with Gasteiger partial charge < -0.3 is 14.0 Å². The second-order valence-electron chi connectivity index (χ2n) is 9.21. The van der Waals surface area contributed by atoms with Crippen LogP contribution in [0.15, 0.2) is 65.3 Å². The predicted molar refractivity (Wildman–Crippen MR) is 146 cm³/mol. The number of ether oxygens (including phenoxy) is 2. The van der Waals surface area contributed by atoms with Crippen LogP contribution < -0.4 is 0 Å². The molecule has 0 spiro atoms. The third-order valence-electron chi connectivity index (χ3n) is 5.61. The van der Waals surface area contributed by atoms with Gasteiger partial charge in [0.15, 0.2) is 0 Å². The molecule has 7 nitrogen and oxygen atoms in total. The first-order valence-corrected chi connectivity index (χ1v) is 14.7. The topological polar surface area (TPSA) is 107 Å². The number of carbonyl (C=O) groups excluding carboxylic acids is 1. The predicted octanol–water partition coefficient (Wildman–Crippen LogP) is 7.09.